The Morgan fingerprint density at radius 2 is 2.29 bits per heavy atom. The van der Waals surface area contributed by atoms with Gasteiger partial charge in [0, 0.05) is 0 Å². The van der Waals surface area contributed by atoms with E-state index in [1.165, 1.54) is 11.1 Å². The van der Waals surface area contributed by atoms with Crippen LogP contribution in [0.3, 0.4) is 0 Å². The lowest BCUT2D eigenvalue weighted by molar-refractivity contribution is 0.389. The van der Waals surface area contributed by atoms with Crippen LogP contribution in [-0.2, 0) is 11.2 Å². The summed E-state index contributed by atoms with van der Waals surface area (Å²) in [5, 5.41) is 0. The first kappa shape index (κ1) is 9.53. The van der Waals surface area contributed by atoms with Crippen molar-refractivity contribution in [3.63, 3.8) is 0 Å². The third-order valence-electron chi connectivity index (χ3n) is 2.71. The summed E-state index contributed by atoms with van der Waals surface area (Å²) >= 11 is 0. The minimum Gasteiger partial charge on any atom is -0.496 e. The Morgan fingerprint density at radius 3 is 2.93 bits per heavy atom. The first-order valence-corrected chi connectivity index (χ1v) is 5.05. The first-order valence-electron chi connectivity index (χ1n) is 5.05. The van der Waals surface area contributed by atoms with Crippen LogP contribution in [-0.4, -0.2) is 19.8 Å². The molecule has 0 spiro atoms. The molecule has 1 atom stereocenters. The Kier molecular flexibility index (Phi) is 2.73. The van der Waals surface area contributed by atoms with Crippen molar-refractivity contribution in [1.82, 2.24) is 0 Å². The number of epoxide rings is 1. The van der Waals surface area contributed by atoms with Gasteiger partial charge in [-0.1, -0.05) is 12.1 Å². The summed E-state index contributed by atoms with van der Waals surface area (Å²) in [5.74, 6) is 1.01. The van der Waals surface area contributed by atoms with E-state index in [1.54, 1.807) is 7.11 Å². The van der Waals surface area contributed by atoms with E-state index in [0.29, 0.717) is 6.10 Å². The molecule has 0 saturated carbocycles. The molecule has 1 aromatic carbocycles. The van der Waals surface area contributed by atoms with E-state index in [0.717, 1.165) is 25.2 Å². The summed E-state index contributed by atoms with van der Waals surface area (Å²) in [4.78, 5) is 0. The van der Waals surface area contributed by atoms with Crippen molar-refractivity contribution in [2.24, 2.45) is 0 Å². The second kappa shape index (κ2) is 4.01. The molecule has 1 unspecified atom stereocenters. The van der Waals surface area contributed by atoms with Crippen LogP contribution in [0.5, 0.6) is 5.75 Å². The van der Waals surface area contributed by atoms with E-state index in [4.69, 9.17) is 9.47 Å². The number of rotatable bonds is 4. The normalized spacial score (nSPS) is 19.4. The van der Waals surface area contributed by atoms with E-state index < -0.39 is 0 Å². The fourth-order valence-electron chi connectivity index (χ4n) is 1.73. The molecule has 2 heteroatoms. The van der Waals surface area contributed by atoms with Crippen LogP contribution < -0.4 is 4.74 Å². The van der Waals surface area contributed by atoms with E-state index >= 15 is 0 Å². The van der Waals surface area contributed by atoms with Gasteiger partial charge in [0.25, 0.3) is 0 Å². The van der Waals surface area contributed by atoms with Gasteiger partial charge in [-0.2, -0.15) is 0 Å². The molecule has 0 aromatic heterocycles. The van der Waals surface area contributed by atoms with Gasteiger partial charge in [-0.15, -0.1) is 0 Å². The lowest BCUT2D eigenvalue weighted by atomic mass is 10.0. The highest BCUT2D eigenvalue weighted by molar-refractivity contribution is 5.39. The van der Waals surface area contributed by atoms with Gasteiger partial charge < -0.3 is 9.47 Å². The van der Waals surface area contributed by atoms with E-state index in [2.05, 4.69) is 13.0 Å². The summed E-state index contributed by atoms with van der Waals surface area (Å²) in [7, 11) is 1.73. The van der Waals surface area contributed by atoms with Crippen molar-refractivity contribution in [3.05, 3.63) is 29.3 Å². The van der Waals surface area contributed by atoms with Gasteiger partial charge in [0.05, 0.1) is 19.8 Å². The Bertz CT molecular complexity index is 316. The number of hydrogen-bond acceptors (Lipinski definition) is 2. The molecule has 0 aliphatic carbocycles. The summed E-state index contributed by atoms with van der Waals surface area (Å²) < 4.78 is 10.5. The van der Waals surface area contributed by atoms with Crippen LogP contribution in [0, 0.1) is 6.92 Å². The third-order valence-corrected chi connectivity index (χ3v) is 2.71. The third kappa shape index (κ3) is 2.07. The van der Waals surface area contributed by atoms with Gasteiger partial charge in [-0.05, 0) is 37.0 Å². The number of aryl methyl sites for hydroxylation is 1. The van der Waals surface area contributed by atoms with Gasteiger partial charge in [0.15, 0.2) is 0 Å². The fourth-order valence-corrected chi connectivity index (χ4v) is 1.73. The SMILES string of the molecule is COc1cccc(C)c1CCC1CO1. The largest absolute Gasteiger partial charge is 0.496 e. The molecule has 2 nitrogen and oxygen atoms in total. The smallest absolute Gasteiger partial charge is 0.122 e. The van der Waals surface area contributed by atoms with Crippen LogP contribution >= 0.6 is 0 Å². The molecule has 2 rings (SSSR count). The van der Waals surface area contributed by atoms with E-state index in [1.807, 2.05) is 12.1 Å². The maximum Gasteiger partial charge on any atom is 0.122 e. The zero-order valence-corrected chi connectivity index (χ0v) is 8.75. The molecule has 0 radical (unpaired) electrons. The average molecular weight is 192 g/mol. The van der Waals surface area contributed by atoms with Crippen molar-refractivity contribution in [1.29, 1.82) is 0 Å². The van der Waals surface area contributed by atoms with E-state index in [-0.39, 0.29) is 0 Å². The maximum absolute atomic E-state index is 5.34. The minimum atomic E-state index is 0.499. The summed E-state index contributed by atoms with van der Waals surface area (Å²) in [6, 6.07) is 6.19. The van der Waals surface area contributed by atoms with Gasteiger partial charge in [-0.25, -0.2) is 0 Å². The van der Waals surface area contributed by atoms with Crippen molar-refractivity contribution < 1.29 is 9.47 Å². The van der Waals surface area contributed by atoms with Crippen molar-refractivity contribution in [2.45, 2.75) is 25.9 Å². The second-order valence-corrected chi connectivity index (χ2v) is 3.75. The summed E-state index contributed by atoms with van der Waals surface area (Å²) in [6.07, 6.45) is 2.67. The van der Waals surface area contributed by atoms with Crippen molar-refractivity contribution in [2.75, 3.05) is 13.7 Å². The molecule has 1 aliphatic heterocycles. The summed E-state index contributed by atoms with van der Waals surface area (Å²) in [6.45, 7) is 3.07. The number of ether oxygens (including phenoxy) is 2. The predicted octanol–water partition coefficient (Wildman–Crippen LogP) is 2.34. The molecule has 0 N–H and O–H groups in total. The van der Waals surface area contributed by atoms with Gasteiger partial charge in [0.2, 0.25) is 0 Å². The number of methoxy groups -OCH3 is 1. The Balaban J connectivity index is 2.11. The molecular weight excluding hydrogens is 176 g/mol. The standard InChI is InChI=1S/C12H16O2/c1-9-4-3-5-12(13-2)11(9)7-6-10-8-14-10/h3-5,10H,6-8H2,1-2H3. The molecule has 1 aliphatic rings. The fraction of sp³-hybridized carbons (Fsp3) is 0.500. The highest BCUT2D eigenvalue weighted by Crippen LogP contribution is 2.25. The Labute approximate surface area is 84.8 Å². The Morgan fingerprint density at radius 1 is 1.50 bits per heavy atom. The highest BCUT2D eigenvalue weighted by Gasteiger charge is 2.22. The summed E-state index contributed by atoms with van der Waals surface area (Å²) in [5.41, 5.74) is 2.63. The highest BCUT2D eigenvalue weighted by atomic mass is 16.6. The van der Waals surface area contributed by atoms with Crippen LogP contribution in [0.1, 0.15) is 17.5 Å². The molecule has 1 aromatic rings. The molecule has 1 saturated heterocycles. The molecule has 0 amide bonds. The van der Waals surface area contributed by atoms with Crippen LogP contribution in [0.2, 0.25) is 0 Å². The molecule has 0 bridgehead atoms. The van der Waals surface area contributed by atoms with Gasteiger partial charge >= 0.3 is 0 Å². The van der Waals surface area contributed by atoms with Gasteiger partial charge in [0.1, 0.15) is 5.75 Å². The van der Waals surface area contributed by atoms with Crippen LogP contribution in [0.4, 0.5) is 0 Å². The lowest BCUT2D eigenvalue weighted by Gasteiger charge is -2.10. The number of hydrogen-bond donors (Lipinski definition) is 0. The molecule has 1 fully saturated rings. The van der Waals surface area contributed by atoms with Crippen molar-refractivity contribution in [3.8, 4) is 5.75 Å². The topological polar surface area (TPSA) is 21.8 Å². The lowest BCUT2D eigenvalue weighted by Crippen LogP contribution is -1.97. The molecule has 1 heterocycles. The van der Waals surface area contributed by atoms with Crippen LogP contribution in [0.15, 0.2) is 18.2 Å². The van der Waals surface area contributed by atoms with Gasteiger partial charge in [-0.3, -0.25) is 0 Å². The minimum absolute atomic E-state index is 0.499. The monoisotopic (exact) mass is 192 g/mol. The first-order chi connectivity index (χ1) is 6.81. The van der Waals surface area contributed by atoms with Crippen LogP contribution in [0.25, 0.3) is 0 Å². The molecular formula is C12H16O2. The zero-order valence-electron chi connectivity index (χ0n) is 8.75. The Hall–Kier alpha value is -1.02. The molecule has 76 valence electrons. The van der Waals surface area contributed by atoms with Crippen molar-refractivity contribution >= 4 is 0 Å². The second-order valence-electron chi connectivity index (χ2n) is 3.75. The predicted molar refractivity (Wildman–Crippen MR) is 55.8 cm³/mol. The molecule has 14 heavy (non-hydrogen) atoms. The van der Waals surface area contributed by atoms with E-state index in [9.17, 15) is 0 Å². The average Bonchev–Trinajstić information content (AvgIpc) is 2.99. The quantitative estimate of drug-likeness (QED) is 0.683. The number of benzene rings is 1. The zero-order chi connectivity index (χ0) is 9.97. The maximum atomic E-state index is 5.34.